The molecule has 1 aromatic rings. The molecule has 0 aliphatic rings. The lowest BCUT2D eigenvalue weighted by Crippen LogP contribution is -2.21. The lowest BCUT2D eigenvalue weighted by Gasteiger charge is -2.16. The van der Waals surface area contributed by atoms with Crippen LogP contribution in [0, 0.1) is 6.92 Å². The molecule has 3 nitrogen and oxygen atoms in total. The average Bonchev–Trinajstić information content (AvgIpc) is 2.30. The van der Waals surface area contributed by atoms with Crippen molar-refractivity contribution in [2.75, 3.05) is 19.7 Å². The van der Waals surface area contributed by atoms with E-state index in [4.69, 9.17) is 16.3 Å². The van der Waals surface area contributed by atoms with Crippen molar-refractivity contribution < 1.29 is 9.84 Å². The minimum Gasteiger partial charge on any atom is -0.492 e. The van der Waals surface area contributed by atoms with Gasteiger partial charge in [-0.1, -0.05) is 18.5 Å². The number of aliphatic hydroxyl groups is 1. The van der Waals surface area contributed by atoms with Crippen molar-refractivity contribution in [3.63, 3.8) is 0 Å². The molecule has 0 bridgehead atoms. The van der Waals surface area contributed by atoms with Crippen LogP contribution < -0.4 is 10.1 Å². The lowest BCUT2D eigenvalue weighted by molar-refractivity contribution is 0.175. The number of ether oxygens (including phenoxy) is 1. The van der Waals surface area contributed by atoms with Gasteiger partial charge in [-0.2, -0.15) is 0 Å². The van der Waals surface area contributed by atoms with Crippen LogP contribution in [0.25, 0.3) is 0 Å². The number of likely N-dealkylation sites (N-methyl/N-ethyl adjacent to an activating group) is 1. The van der Waals surface area contributed by atoms with Crippen LogP contribution in [0.5, 0.6) is 5.75 Å². The first kappa shape index (κ1) is 14.3. The summed E-state index contributed by atoms with van der Waals surface area (Å²) in [7, 11) is 0. The van der Waals surface area contributed by atoms with Gasteiger partial charge in [-0.3, -0.25) is 0 Å². The van der Waals surface area contributed by atoms with Crippen molar-refractivity contribution in [1.29, 1.82) is 0 Å². The Labute approximate surface area is 108 Å². The molecule has 0 heterocycles. The Morgan fingerprint density at radius 2 is 2.12 bits per heavy atom. The zero-order valence-electron chi connectivity index (χ0n) is 10.6. The highest BCUT2D eigenvalue weighted by Gasteiger charge is 2.13. The van der Waals surface area contributed by atoms with Crippen LogP contribution in [0.4, 0.5) is 0 Å². The summed E-state index contributed by atoms with van der Waals surface area (Å²) in [5.41, 5.74) is 1.84. The van der Waals surface area contributed by atoms with E-state index in [0.717, 1.165) is 17.7 Å². The van der Waals surface area contributed by atoms with Crippen LogP contribution in [-0.4, -0.2) is 24.8 Å². The van der Waals surface area contributed by atoms with E-state index in [1.54, 1.807) is 6.07 Å². The number of hydrogen-bond acceptors (Lipinski definition) is 3. The molecule has 0 fully saturated rings. The van der Waals surface area contributed by atoms with E-state index in [2.05, 4.69) is 5.32 Å². The van der Waals surface area contributed by atoms with Gasteiger partial charge in [0, 0.05) is 6.54 Å². The molecule has 4 heteroatoms. The first-order chi connectivity index (χ1) is 8.10. The minimum atomic E-state index is -0.539. The number of halogens is 1. The van der Waals surface area contributed by atoms with Gasteiger partial charge in [0.15, 0.2) is 0 Å². The van der Waals surface area contributed by atoms with Gasteiger partial charge in [-0.05, 0) is 43.7 Å². The zero-order valence-corrected chi connectivity index (χ0v) is 11.3. The quantitative estimate of drug-likeness (QED) is 0.823. The summed E-state index contributed by atoms with van der Waals surface area (Å²) in [5, 5.41) is 13.7. The second-order valence-corrected chi connectivity index (χ2v) is 4.30. The second-order valence-electron chi connectivity index (χ2n) is 3.90. The van der Waals surface area contributed by atoms with Gasteiger partial charge in [0.2, 0.25) is 0 Å². The molecule has 0 amide bonds. The number of hydrogen-bond donors (Lipinski definition) is 2. The molecular weight excluding hydrogens is 238 g/mol. The van der Waals surface area contributed by atoms with Crippen molar-refractivity contribution >= 4 is 11.6 Å². The summed E-state index contributed by atoms with van der Waals surface area (Å²) in [6.45, 7) is 7.81. The molecule has 2 N–H and O–H groups in total. The van der Waals surface area contributed by atoms with Gasteiger partial charge in [0.25, 0.3) is 0 Å². The Morgan fingerprint density at radius 3 is 2.71 bits per heavy atom. The maximum absolute atomic E-state index is 10.0. The van der Waals surface area contributed by atoms with Crippen LogP contribution in [0.1, 0.15) is 31.1 Å². The maximum Gasteiger partial charge on any atom is 0.138 e. The van der Waals surface area contributed by atoms with E-state index in [1.807, 2.05) is 26.8 Å². The summed E-state index contributed by atoms with van der Waals surface area (Å²) in [4.78, 5) is 0. The summed E-state index contributed by atoms with van der Waals surface area (Å²) >= 11 is 6.10. The third-order valence-corrected chi connectivity index (χ3v) is 2.86. The molecule has 0 saturated heterocycles. The smallest absolute Gasteiger partial charge is 0.138 e. The number of nitrogens with one attached hydrogen (secondary N) is 1. The monoisotopic (exact) mass is 257 g/mol. The highest BCUT2D eigenvalue weighted by atomic mass is 35.5. The molecule has 0 radical (unpaired) electrons. The van der Waals surface area contributed by atoms with Crippen molar-refractivity contribution in [3.8, 4) is 5.75 Å². The Hall–Kier alpha value is -0.770. The van der Waals surface area contributed by atoms with Crippen LogP contribution >= 0.6 is 11.6 Å². The predicted molar refractivity (Wildman–Crippen MR) is 70.9 cm³/mol. The van der Waals surface area contributed by atoms with E-state index in [-0.39, 0.29) is 0 Å². The van der Waals surface area contributed by atoms with Gasteiger partial charge in [-0.15, -0.1) is 0 Å². The van der Waals surface area contributed by atoms with Gasteiger partial charge in [-0.25, -0.2) is 0 Å². The average molecular weight is 258 g/mol. The van der Waals surface area contributed by atoms with Gasteiger partial charge in [0.05, 0.1) is 17.7 Å². The van der Waals surface area contributed by atoms with Crippen LogP contribution in [0.2, 0.25) is 5.02 Å². The van der Waals surface area contributed by atoms with Gasteiger partial charge in [0.1, 0.15) is 5.75 Å². The molecule has 1 unspecified atom stereocenters. The van der Waals surface area contributed by atoms with Gasteiger partial charge >= 0.3 is 0 Å². The third kappa shape index (κ3) is 3.87. The third-order valence-electron chi connectivity index (χ3n) is 2.57. The molecule has 0 spiro atoms. The largest absolute Gasteiger partial charge is 0.492 e. The first-order valence-electron chi connectivity index (χ1n) is 5.91. The molecule has 1 rings (SSSR count). The summed E-state index contributed by atoms with van der Waals surface area (Å²) in [5.74, 6) is 0.672. The van der Waals surface area contributed by atoms with Crippen molar-refractivity contribution in [1.82, 2.24) is 5.32 Å². The van der Waals surface area contributed by atoms with Crippen molar-refractivity contribution in [2.45, 2.75) is 26.9 Å². The van der Waals surface area contributed by atoms with Crippen LogP contribution in [0.3, 0.4) is 0 Å². The highest BCUT2D eigenvalue weighted by Crippen LogP contribution is 2.30. The van der Waals surface area contributed by atoms with Crippen LogP contribution in [-0.2, 0) is 0 Å². The highest BCUT2D eigenvalue weighted by molar-refractivity contribution is 6.32. The van der Waals surface area contributed by atoms with E-state index >= 15 is 0 Å². The van der Waals surface area contributed by atoms with E-state index in [9.17, 15) is 5.11 Å². The molecule has 17 heavy (non-hydrogen) atoms. The molecule has 0 aliphatic heterocycles. The topological polar surface area (TPSA) is 41.5 Å². The van der Waals surface area contributed by atoms with Crippen molar-refractivity contribution in [3.05, 3.63) is 28.3 Å². The molecule has 1 aromatic carbocycles. The Kier molecular flexibility index (Phi) is 5.75. The fourth-order valence-corrected chi connectivity index (χ4v) is 1.91. The maximum atomic E-state index is 10.0. The number of benzene rings is 1. The number of rotatable bonds is 6. The van der Waals surface area contributed by atoms with Crippen LogP contribution in [0.15, 0.2) is 12.1 Å². The number of aliphatic hydroxyl groups excluding tert-OH is 1. The SMILES string of the molecule is CCNCC(O)c1cc(Cl)c(OCC)cc1C. The number of aryl methyl sites for hydroxylation is 1. The summed E-state index contributed by atoms with van der Waals surface area (Å²) in [6, 6.07) is 3.65. The van der Waals surface area contributed by atoms with E-state index in [0.29, 0.717) is 23.9 Å². The molecule has 0 saturated carbocycles. The minimum absolute atomic E-state index is 0.529. The normalized spacial score (nSPS) is 12.5. The fraction of sp³-hybridized carbons (Fsp3) is 0.538. The van der Waals surface area contributed by atoms with Crippen molar-refractivity contribution in [2.24, 2.45) is 0 Å². The zero-order chi connectivity index (χ0) is 12.8. The van der Waals surface area contributed by atoms with Gasteiger partial charge < -0.3 is 15.2 Å². The molecule has 96 valence electrons. The molecular formula is C13H20ClNO2. The fourth-order valence-electron chi connectivity index (χ4n) is 1.69. The Bertz CT molecular complexity index is 369. The molecule has 1 atom stereocenters. The second kappa shape index (κ2) is 6.84. The Morgan fingerprint density at radius 1 is 1.41 bits per heavy atom. The molecule has 0 aromatic heterocycles. The standard InChI is InChI=1S/C13H20ClNO2/c1-4-15-8-12(16)10-7-11(14)13(17-5-2)6-9(10)3/h6-7,12,15-16H,4-5,8H2,1-3H3. The molecule has 0 aliphatic carbocycles. The van der Waals surface area contributed by atoms with E-state index < -0.39 is 6.10 Å². The first-order valence-corrected chi connectivity index (χ1v) is 6.29. The predicted octanol–water partition coefficient (Wildman–Crippen LogP) is 2.69. The van der Waals surface area contributed by atoms with E-state index in [1.165, 1.54) is 0 Å². The summed E-state index contributed by atoms with van der Waals surface area (Å²) < 4.78 is 5.40. The summed E-state index contributed by atoms with van der Waals surface area (Å²) in [6.07, 6.45) is -0.539. The Balaban J connectivity index is 2.90. The lowest BCUT2D eigenvalue weighted by atomic mass is 10.0.